The minimum atomic E-state index is 0.00655. The van der Waals surface area contributed by atoms with Gasteiger partial charge in [0.05, 0.1) is 11.7 Å². The first-order chi connectivity index (χ1) is 10.1. The lowest BCUT2D eigenvalue weighted by molar-refractivity contribution is 0.0785. The molecule has 1 amide bonds. The third-order valence-corrected chi connectivity index (χ3v) is 3.58. The number of hydrogen-bond donors (Lipinski definition) is 1. The molecule has 0 fully saturated rings. The molecule has 0 radical (unpaired) electrons. The highest BCUT2D eigenvalue weighted by atomic mass is 16.2. The summed E-state index contributed by atoms with van der Waals surface area (Å²) in [5.74, 6) is 0.00655. The zero-order valence-corrected chi connectivity index (χ0v) is 12.1. The van der Waals surface area contributed by atoms with E-state index in [0.29, 0.717) is 12.1 Å². The Morgan fingerprint density at radius 2 is 1.95 bits per heavy atom. The van der Waals surface area contributed by atoms with Crippen LogP contribution in [0.3, 0.4) is 0 Å². The molecule has 0 atom stereocenters. The molecule has 1 heterocycles. The molecule has 0 aliphatic heterocycles. The molecule has 0 spiro atoms. The molecule has 0 unspecified atom stereocenters. The molecule has 3 rings (SSSR count). The Balaban J connectivity index is 1.78. The number of nitrogens with one attached hydrogen (secondary N) is 1. The van der Waals surface area contributed by atoms with E-state index in [-0.39, 0.29) is 5.91 Å². The number of benzene rings is 2. The van der Waals surface area contributed by atoms with Gasteiger partial charge in [-0.05, 0) is 24.6 Å². The van der Waals surface area contributed by atoms with E-state index in [0.717, 1.165) is 16.5 Å². The van der Waals surface area contributed by atoms with E-state index in [2.05, 4.69) is 41.4 Å². The van der Waals surface area contributed by atoms with E-state index < -0.39 is 0 Å². The molecule has 0 aliphatic rings. The number of amides is 1. The van der Waals surface area contributed by atoms with E-state index in [4.69, 9.17) is 0 Å². The number of aromatic nitrogens is 2. The molecule has 0 aliphatic carbocycles. The third kappa shape index (κ3) is 2.79. The van der Waals surface area contributed by atoms with Crippen LogP contribution in [0.25, 0.3) is 10.9 Å². The monoisotopic (exact) mass is 279 g/mol. The van der Waals surface area contributed by atoms with E-state index >= 15 is 0 Å². The zero-order chi connectivity index (χ0) is 14.8. The number of carbonyl (C=O) groups excluding carboxylic acids is 1. The first kappa shape index (κ1) is 13.4. The van der Waals surface area contributed by atoms with Crippen molar-refractivity contribution >= 4 is 16.8 Å². The Labute approximate surface area is 123 Å². The second-order valence-corrected chi connectivity index (χ2v) is 5.32. The second-order valence-electron chi connectivity index (χ2n) is 5.32. The van der Waals surface area contributed by atoms with Gasteiger partial charge in [-0.2, -0.15) is 5.10 Å². The molecule has 1 N–H and O–H groups in total. The first-order valence-corrected chi connectivity index (χ1v) is 6.87. The summed E-state index contributed by atoms with van der Waals surface area (Å²) in [4.78, 5) is 14.2. The Bertz CT molecular complexity index is 774. The number of H-pyrrole nitrogens is 1. The number of aromatic amines is 1. The molecule has 0 bridgehead atoms. The van der Waals surface area contributed by atoms with Crippen LogP contribution in [0.2, 0.25) is 0 Å². The summed E-state index contributed by atoms with van der Waals surface area (Å²) < 4.78 is 0. The number of fused-ring (bicyclic) bond motifs is 1. The van der Waals surface area contributed by atoms with Crippen LogP contribution < -0.4 is 0 Å². The van der Waals surface area contributed by atoms with Crippen molar-refractivity contribution in [2.45, 2.75) is 13.5 Å². The zero-order valence-electron chi connectivity index (χ0n) is 12.1. The molecule has 0 saturated heterocycles. The Morgan fingerprint density at radius 3 is 2.71 bits per heavy atom. The van der Waals surface area contributed by atoms with Crippen LogP contribution in [0.4, 0.5) is 0 Å². The van der Waals surface area contributed by atoms with Crippen LogP contribution in [-0.4, -0.2) is 28.1 Å². The maximum atomic E-state index is 12.5. The lowest BCUT2D eigenvalue weighted by atomic mass is 10.1. The fraction of sp³-hybridized carbons (Fsp3) is 0.176. The van der Waals surface area contributed by atoms with Gasteiger partial charge < -0.3 is 4.90 Å². The molecule has 21 heavy (non-hydrogen) atoms. The largest absolute Gasteiger partial charge is 0.337 e. The van der Waals surface area contributed by atoms with Crippen molar-refractivity contribution in [2.75, 3.05) is 7.05 Å². The van der Waals surface area contributed by atoms with Crippen LogP contribution in [0.1, 0.15) is 21.5 Å². The number of aryl methyl sites for hydroxylation is 1. The van der Waals surface area contributed by atoms with Gasteiger partial charge in [-0.1, -0.05) is 35.9 Å². The SMILES string of the molecule is Cc1ccc(CN(C)C(=O)c2ccc3cn[nH]c3c2)cc1. The quantitative estimate of drug-likeness (QED) is 0.800. The molecule has 4 heteroatoms. The molecule has 0 saturated carbocycles. The molecule has 4 nitrogen and oxygen atoms in total. The standard InChI is InChI=1S/C17H17N3O/c1-12-3-5-13(6-4-12)11-20(2)17(21)14-7-8-15-10-18-19-16(15)9-14/h3-10H,11H2,1-2H3,(H,18,19). The molecular weight excluding hydrogens is 262 g/mol. The normalized spacial score (nSPS) is 10.8. The summed E-state index contributed by atoms with van der Waals surface area (Å²) in [6.07, 6.45) is 1.75. The number of hydrogen-bond acceptors (Lipinski definition) is 2. The van der Waals surface area contributed by atoms with Gasteiger partial charge in [0.15, 0.2) is 0 Å². The second kappa shape index (κ2) is 5.40. The van der Waals surface area contributed by atoms with Crippen LogP contribution in [-0.2, 0) is 6.54 Å². The lowest BCUT2D eigenvalue weighted by Gasteiger charge is -2.17. The van der Waals surface area contributed by atoms with Crippen molar-refractivity contribution in [3.63, 3.8) is 0 Å². The van der Waals surface area contributed by atoms with Crippen LogP contribution in [0, 0.1) is 6.92 Å². The Kier molecular flexibility index (Phi) is 3.44. The number of nitrogens with zero attached hydrogens (tertiary/aromatic N) is 2. The summed E-state index contributed by atoms with van der Waals surface area (Å²) in [5, 5.41) is 7.87. The van der Waals surface area contributed by atoms with E-state index in [1.54, 1.807) is 11.1 Å². The van der Waals surface area contributed by atoms with E-state index in [1.807, 2.05) is 25.2 Å². The van der Waals surface area contributed by atoms with Crippen LogP contribution in [0.5, 0.6) is 0 Å². The fourth-order valence-corrected chi connectivity index (χ4v) is 2.33. The molecular formula is C17H17N3O. The topological polar surface area (TPSA) is 49.0 Å². The smallest absolute Gasteiger partial charge is 0.253 e. The summed E-state index contributed by atoms with van der Waals surface area (Å²) in [6.45, 7) is 2.65. The van der Waals surface area contributed by atoms with Gasteiger partial charge in [0, 0.05) is 24.5 Å². The van der Waals surface area contributed by atoms with Gasteiger partial charge in [-0.3, -0.25) is 9.89 Å². The van der Waals surface area contributed by atoms with Gasteiger partial charge in [-0.25, -0.2) is 0 Å². The maximum absolute atomic E-state index is 12.5. The highest BCUT2D eigenvalue weighted by Crippen LogP contribution is 2.15. The van der Waals surface area contributed by atoms with E-state index in [9.17, 15) is 4.79 Å². The minimum absolute atomic E-state index is 0.00655. The molecule has 1 aromatic heterocycles. The first-order valence-electron chi connectivity index (χ1n) is 6.87. The molecule has 106 valence electrons. The van der Waals surface area contributed by atoms with Gasteiger partial charge in [0.25, 0.3) is 5.91 Å². The van der Waals surface area contributed by atoms with Gasteiger partial charge >= 0.3 is 0 Å². The lowest BCUT2D eigenvalue weighted by Crippen LogP contribution is -2.26. The minimum Gasteiger partial charge on any atom is -0.337 e. The highest BCUT2D eigenvalue weighted by Gasteiger charge is 2.12. The summed E-state index contributed by atoms with van der Waals surface area (Å²) in [5.41, 5.74) is 3.89. The van der Waals surface area contributed by atoms with E-state index in [1.165, 1.54) is 5.56 Å². The Morgan fingerprint density at radius 1 is 1.19 bits per heavy atom. The van der Waals surface area contributed by atoms with Gasteiger partial charge in [-0.15, -0.1) is 0 Å². The van der Waals surface area contributed by atoms with Crippen molar-refractivity contribution in [3.8, 4) is 0 Å². The van der Waals surface area contributed by atoms with Crippen molar-refractivity contribution in [1.29, 1.82) is 0 Å². The molecule has 2 aromatic carbocycles. The number of carbonyl (C=O) groups is 1. The van der Waals surface area contributed by atoms with Crippen molar-refractivity contribution < 1.29 is 4.79 Å². The Hall–Kier alpha value is -2.62. The van der Waals surface area contributed by atoms with Gasteiger partial charge in [0.2, 0.25) is 0 Å². The predicted molar refractivity (Wildman–Crippen MR) is 83.1 cm³/mol. The summed E-state index contributed by atoms with van der Waals surface area (Å²) >= 11 is 0. The fourth-order valence-electron chi connectivity index (χ4n) is 2.33. The van der Waals surface area contributed by atoms with Crippen molar-refractivity contribution in [1.82, 2.24) is 15.1 Å². The van der Waals surface area contributed by atoms with Crippen LogP contribution in [0.15, 0.2) is 48.7 Å². The van der Waals surface area contributed by atoms with Crippen molar-refractivity contribution in [3.05, 3.63) is 65.4 Å². The highest BCUT2D eigenvalue weighted by molar-refractivity contribution is 5.97. The number of rotatable bonds is 3. The average Bonchev–Trinajstić information content (AvgIpc) is 2.96. The van der Waals surface area contributed by atoms with Crippen molar-refractivity contribution in [2.24, 2.45) is 0 Å². The van der Waals surface area contributed by atoms with Crippen LogP contribution >= 0.6 is 0 Å². The molecule has 3 aromatic rings. The van der Waals surface area contributed by atoms with Gasteiger partial charge in [0.1, 0.15) is 0 Å². The summed E-state index contributed by atoms with van der Waals surface area (Å²) in [7, 11) is 1.82. The summed E-state index contributed by atoms with van der Waals surface area (Å²) in [6, 6.07) is 13.8. The third-order valence-electron chi connectivity index (χ3n) is 3.58. The maximum Gasteiger partial charge on any atom is 0.253 e. The average molecular weight is 279 g/mol. The predicted octanol–water partition coefficient (Wildman–Crippen LogP) is 3.14.